The third kappa shape index (κ3) is 6.01. The van der Waals surface area contributed by atoms with Gasteiger partial charge in [0.1, 0.15) is 11.3 Å². The minimum absolute atomic E-state index is 0.218. The van der Waals surface area contributed by atoms with E-state index in [1.54, 1.807) is 24.8 Å². The molecule has 6 nitrogen and oxygen atoms in total. The van der Waals surface area contributed by atoms with Gasteiger partial charge in [-0.15, -0.1) is 0 Å². The van der Waals surface area contributed by atoms with Crippen LogP contribution < -0.4 is 0 Å². The number of esters is 1. The van der Waals surface area contributed by atoms with Crippen molar-refractivity contribution in [2.45, 2.75) is 92.2 Å². The molecule has 0 aromatic rings. The van der Waals surface area contributed by atoms with Gasteiger partial charge in [0.05, 0.1) is 18.8 Å². The van der Waals surface area contributed by atoms with Gasteiger partial charge in [0.2, 0.25) is 0 Å². The van der Waals surface area contributed by atoms with Gasteiger partial charge in [-0.05, 0) is 66.9 Å². The van der Waals surface area contributed by atoms with E-state index >= 15 is 0 Å². The number of hydrogen-bond acceptors (Lipinski definition) is 5. The first-order chi connectivity index (χ1) is 11.8. The summed E-state index contributed by atoms with van der Waals surface area (Å²) >= 11 is 0. The van der Waals surface area contributed by atoms with Crippen LogP contribution in [0, 0.1) is 5.92 Å². The van der Waals surface area contributed by atoms with Crippen molar-refractivity contribution in [3.05, 3.63) is 11.6 Å². The van der Waals surface area contributed by atoms with E-state index in [2.05, 4.69) is 13.8 Å². The highest BCUT2D eigenvalue weighted by Crippen LogP contribution is 2.37. The zero-order chi connectivity index (χ0) is 20.3. The predicted octanol–water partition coefficient (Wildman–Crippen LogP) is 4.28. The second-order valence-corrected chi connectivity index (χ2v) is 8.65. The molecule has 1 fully saturated rings. The van der Waals surface area contributed by atoms with E-state index in [1.165, 1.54) is 0 Å². The Morgan fingerprint density at radius 1 is 1.27 bits per heavy atom. The third-order valence-corrected chi connectivity index (χ3v) is 4.03. The van der Waals surface area contributed by atoms with Gasteiger partial charge in [0.25, 0.3) is 0 Å². The monoisotopic (exact) mass is 369 g/mol. The molecule has 0 spiro atoms. The van der Waals surface area contributed by atoms with E-state index in [-0.39, 0.29) is 12.0 Å². The van der Waals surface area contributed by atoms with E-state index in [0.29, 0.717) is 18.1 Å². The van der Waals surface area contributed by atoms with Crippen LogP contribution in [0.15, 0.2) is 11.6 Å². The second-order valence-electron chi connectivity index (χ2n) is 8.65. The smallest absolute Gasteiger partial charge is 0.412 e. The summed E-state index contributed by atoms with van der Waals surface area (Å²) in [5.41, 5.74) is -0.949. The molecule has 0 aromatic carbocycles. The fourth-order valence-corrected chi connectivity index (χ4v) is 3.11. The summed E-state index contributed by atoms with van der Waals surface area (Å²) in [6.07, 6.45) is 1.69. The number of ether oxygens (including phenoxy) is 3. The van der Waals surface area contributed by atoms with Gasteiger partial charge in [0.15, 0.2) is 0 Å². The maximum atomic E-state index is 12.8. The largest absolute Gasteiger partial charge is 0.463 e. The quantitative estimate of drug-likeness (QED) is 0.534. The van der Waals surface area contributed by atoms with Crippen molar-refractivity contribution in [3.63, 3.8) is 0 Å². The Kier molecular flexibility index (Phi) is 7.28. The van der Waals surface area contributed by atoms with Gasteiger partial charge in [-0.1, -0.05) is 13.8 Å². The second kappa shape index (κ2) is 8.42. The van der Waals surface area contributed by atoms with Gasteiger partial charge in [-0.3, -0.25) is 4.90 Å². The number of amides is 1. The molecule has 1 rings (SSSR count). The zero-order valence-electron chi connectivity index (χ0n) is 17.7. The lowest BCUT2D eigenvalue weighted by Gasteiger charge is -2.35. The Balaban J connectivity index is 3.18. The fraction of sp³-hybridized carbons (Fsp3) is 0.800. The molecule has 0 radical (unpaired) electrons. The molecule has 0 saturated carbocycles. The minimum Gasteiger partial charge on any atom is -0.463 e. The molecule has 2 atom stereocenters. The Bertz CT molecular complexity index is 545. The van der Waals surface area contributed by atoms with Crippen molar-refractivity contribution in [3.8, 4) is 0 Å². The third-order valence-electron chi connectivity index (χ3n) is 4.03. The average Bonchev–Trinajstić information content (AvgIpc) is 2.66. The van der Waals surface area contributed by atoms with Crippen LogP contribution in [-0.4, -0.2) is 47.0 Å². The lowest BCUT2D eigenvalue weighted by molar-refractivity contribution is -0.138. The molecule has 1 amide bonds. The summed E-state index contributed by atoms with van der Waals surface area (Å²) in [4.78, 5) is 26.5. The molecule has 0 unspecified atom stereocenters. The van der Waals surface area contributed by atoms with Gasteiger partial charge in [-0.25, -0.2) is 9.59 Å². The van der Waals surface area contributed by atoms with Crippen molar-refractivity contribution >= 4 is 12.1 Å². The van der Waals surface area contributed by atoms with Crippen LogP contribution in [-0.2, 0) is 19.0 Å². The first-order valence-electron chi connectivity index (χ1n) is 9.34. The molecule has 0 aliphatic carbocycles. The highest BCUT2D eigenvalue weighted by atomic mass is 16.6. The normalized spacial score (nSPS) is 23.3. The average molecular weight is 370 g/mol. The Labute approximate surface area is 157 Å². The van der Waals surface area contributed by atoms with Crippen LogP contribution in [0.5, 0.6) is 0 Å². The van der Waals surface area contributed by atoms with Crippen LogP contribution in [0.1, 0.15) is 68.7 Å². The number of rotatable bonds is 5. The summed E-state index contributed by atoms with van der Waals surface area (Å²) in [6.45, 7) is 17.2. The summed E-state index contributed by atoms with van der Waals surface area (Å²) in [5.74, 6) is -0.0193. The van der Waals surface area contributed by atoms with Gasteiger partial charge < -0.3 is 14.2 Å². The van der Waals surface area contributed by atoms with Gasteiger partial charge in [0, 0.05) is 5.57 Å². The van der Waals surface area contributed by atoms with Crippen molar-refractivity contribution in [1.29, 1.82) is 0 Å². The van der Waals surface area contributed by atoms with Crippen LogP contribution in [0.4, 0.5) is 4.79 Å². The molecule has 150 valence electrons. The highest BCUT2D eigenvalue weighted by molar-refractivity contribution is 5.87. The van der Waals surface area contributed by atoms with Gasteiger partial charge >= 0.3 is 12.1 Å². The van der Waals surface area contributed by atoms with E-state index < -0.39 is 23.5 Å². The molecular formula is C20H35NO5. The molecule has 26 heavy (non-hydrogen) atoms. The lowest BCUT2D eigenvalue weighted by Crippen LogP contribution is -2.50. The zero-order valence-corrected chi connectivity index (χ0v) is 17.7. The summed E-state index contributed by atoms with van der Waals surface area (Å²) in [6, 6.07) is -0.218. The fourth-order valence-electron chi connectivity index (χ4n) is 3.11. The molecule has 0 bridgehead atoms. The van der Waals surface area contributed by atoms with Crippen molar-refractivity contribution in [1.82, 2.24) is 4.90 Å². The standard InChI is InChI=1S/C20H35NO5/c1-10-24-17(22)14(4)12-16-15(11-13(2)3)21(20(8,9)25-16)18(23)26-19(5,6)7/h12-13,15-16H,10-11H2,1-9H3/t15-,16-/m0/s1. The molecule has 1 heterocycles. The molecule has 0 N–H and O–H groups in total. The van der Waals surface area contributed by atoms with Crippen LogP contribution in [0.2, 0.25) is 0 Å². The minimum atomic E-state index is -0.835. The summed E-state index contributed by atoms with van der Waals surface area (Å²) < 4.78 is 16.8. The first kappa shape index (κ1) is 22.5. The van der Waals surface area contributed by atoms with Crippen molar-refractivity contribution in [2.24, 2.45) is 5.92 Å². The molecule has 6 heteroatoms. The Hall–Kier alpha value is -1.56. The van der Waals surface area contributed by atoms with Crippen LogP contribution in [0.3, 0.4) is 0 Å². The SMILES string of the molecule is CCOC(=O)C(C)=C[C@@H]1OC(C)(C)N(C(=O)OC(C)(C)C)[C@H]1CC(C)C. The van der Waals surface area contributed by atoms with E-state index in [0.717, 1.165) is 6.42 Å². The Morgan fingerprint density at radius 3 is 2.31 bits per heavy atom. The number of carbonyl (C=O) groups excluding carboxylic acids is 2. The summed E-state index contributed by atoms with van der Waals surface area (Å²) in [7, 11) is 0. The maximum absolute atomic E-state index is 12.8. The molecule has 1 saturated heterocycles. The first-order valence-corrected chi connectivity index (χ1v) is 9.34. The topological polar surface area (TPSA) is 65.1 Å². The van der Waals surface area contributed by atoms with E-state index in [9.17, 15) is 9.59 Å². The lowest BCUT2D eigenvalue weighted by atomic mass is 9.97. The molecule has 1 aliphatic heterocycles. The number of carbonyl (C=O) groups is 2. The van der Waals surface area contributed by atoms with Crippen molar-refractivity contribution in [2.75, 3.05) is 6.61 Å². The number of hydrogen-bond donors (Lipinski definition) is 0. The highest BCUT2D eigenvalue weighted by Gasteiger charge is 2.50. The molecule has 1 aliphatic rings. The summed E-state index contributed by atoms with van der Waals surface area (Å²) in [5, 5.41) is 0. The number of nitrogens with zero attached hydrogens (tertiary/aromatic N) is 1. The predicted molar refractivity (Wildman–Crippen MR) is 101 cm³/mol. The maximum Gasteiger partial charge on any atom is 0.412 e. The Morgan fingerprint density at radius 2 is 1.85 bits per heavy atom. The van der Waals surface area contributed by atoms with E-state index in [4.69, 9.17) is 14.2 Å². The van der Waals surface area contributed by atoms with Crippen LogP contribution >= 0.6 is 0 Å². The van der Waals surface area contributed by atoms with E-state index in [1.807, 2.05) is 34.6 Å². The van der Waals surface area contributed by atoms with Crippen LogP contribution in [0.25, 0.3) is 0 Å². The van der Waals surface area contributed by atoms with Gasteiger partial charge in [-0.2, -0.15) is 0 Å². The van der Waals surface area contributed by atoms with Crippen molar-refractivity contribution < 1.29 is 23.8 Å². The molecule has 0 aromatic heterocycles. The molecular weight excluding hydrogens is 334 g/mol.